The molecule has 0 saturated heterocycles. The Morgan fingerprint density at radius 1 is 1.36 bits per heavy atom. The lowest BCUT2D eigenvalue weighted by molar-refractivity contribution is -0.118. The van der Waals surface area contributed by atoms with Crippen molar-refractivity contribution in [2.24, 2.45) is 0 Å². The molecule has 0 spiro atoms. The van der Waals surface area contributed by atoms with Gasteiger partial charge in [0.05, 0.1) is 5.69 Å². The molecule has 1 aromatic carbocycles. The van der Waals surface area contributed by atoms with Crippen LogP contribution in [0.25, 0.3) is 5.69 Å². The van der Waals surface area contributed by atoms with Gasteiger partial charge in [-0.3, -0.25) is 10.1 Å². The normalized spacial score (nSPS) is 10.4. The lowest BCUT2D eigenvalue weighted by Gasteiger charge is -2.06. The van der Waals surface area contributed by atoms with Crippen LogP contribution in [0.3, 0.4) is 0 Å². The van der Waals surface area contributed by atoms with Gasteiger partial charge in [0.25, 0.3) is 5.91 Å². The van der Waals surface area contributed by atoms with Gasteiger partial charge in [0.1, 0.15) is 12.1 Å². The number of nitrogens with one attached hydrogen (secondary N) is 1. The zero-order valence-electron chi connectivity index (χ0n) is 12.9. The second kappa shape index (κ2) is 8.35. The monoisotopic (exact) mass is 375 g/mol. The van der Waals surface area contributed by atoms with Crippen LogP contribution in [0, 0.1) is 0 Å². The first kappa shape index (κ1) is 17.0. The van der Waals surface area contributed by atoms with E-state index in [0.717, 1.165) is 15.8 Å². The minimum absolute atomic E-state index is 0.126. The van der Waals surface area contributed by atoms with Gasteiger partial charge in [-0.05, 0) is 34.7 Å². The number of benzene rings is 1. The molecule has 128 valence electrons. The van der Waals surface area contributed by atoms with E-state index in [1.807, 2.05) is 0 Å². The van der Waals surface area contributed by atoms with E-state index in [9.17, 15) is 4.79 Å². The number of hydrogen-bond acceptors (Lipinski definition) is 9. The van der Waals surface area contributed by atoms with E-state index < -0.39 is 0 Å². The first-order chi connectivity index (χ1) is 12.2. The summed E-state index contributed by atoms with van der Waals surface area (Å²) in [5, 5.41) is 21.9. The van der Waals surface area contributed by atoms with Crippen molar-refractivity contribution in [3.8, 4) is 11.4 Å². The molecule has 25 heavy (non-hydrogen) atoms. The number of ether oxygens (including phenoxy) is 1. The van der Waals surface area contributed by atoms with Crippen LogP contribution in [0.5, 0.6) is 5.75 Å². The topological polar surface area (TPSA) is 108 Å². The summed E-state index contributed by atoms with van der Waals surface area (Å²) in [5.74, 6) is 0.999. The van der Waals surface area contributed by atoms with Crippen molar-refractivity contribution >= 4 is 34.1 Å². The van der Waals surface area contributed by atoms with Crippen molar-refractivity contribution in [1.82, 2.24) is 30.4 Å². The van der Waals surface area contributed by atoms with Gasteiger partial charge in [0.15, 0.2) is 10.9 Å². The summed E-state index contributed by atoms with van der Waals surface area (Å²) in [7, 11) is 0. The highest BCUT2D eigenvalue weighted by Crippen LogP contribution is 2.25. The van der Waals surface area contributed by atoms with Crippen LogP contribution >= 0.6 is 23.1 Å². The SMILES string of the molecule is C=CCSc1nnc(NC(=O)COc2ccc(-n3cnnn3)cc2)s1. The fourth-order valence-electron chi connectivity index (χ4n) is 1.73. The lowest BCUT2D eigenvalue weighted by Crippen LogP contribution is -2.20. The summed E-state index contributed by atoms with van der Waals surface area (Å²) < 4.78 is 7.74. The molecule has 0 fully saturated rings. The Morgan fingerprint density at radius 3 is 2.92 bits per heavy atom. The van der Waals surface area contributed by atoms with Crippen molar-refractivity contribution in [3.63, 3.8) is 0 Å². The molecule has 0 radical (unpaired) electrons. The molecule has 2 heterocycles. The fraction of sp³-hybridized carbons (Fsp3) is 0.143. The molecule has 1 amide bonds. The molecule has 3 rings (SSSR count). The quantitative estimate of drug-likeness (QED) is 0.361. The average Bonchev–Trinajstić information content (AvgIpc) is 3.31. The van der Waals surface area contributed by atoms with Gasteiger partial charge < -0.3 is 4.74 Å². The number of nitrogens with zero attached hydrogens (tertiary/aromatic N) is 6. The molecule has 0 unspecified atom stereocenters. The predicted octanol–water partition coefficient (Wildman–Crippen LogP) is 1.81. The summed E-state index contributed by atoms with van der Waals surface area (Å²) in [6, 6.07) is 7.05. The minimum Gasteiger partial charge on any atom is -0.484 e. The van der Waals surface area contributed by atoms with Crippen LogP contribution in [-0.4, -0.2) is 48.7 Å². The highest BCUT2D eigenvalue weighted by atomic mass is 32.2. The van der Waals surface area contributed by atoms with Gasteiger partial charge in [-0.2, -0.15) is 0 Å². The molecule has 1 N–H and O–H groups in total. The molecule has 0 atom stereocenters. The van der Waals surface area contributed by atoms with E-state index in [1.54, 1.807) is 30.3 Å². The maximum absolute atomic E-state index is 11.9. The van der Waals surface area contributed by atoms with Crippen LogP contribution in [0.1, 0.15) is 0 Å². The number of hydrogen-bond donors (Lipinski definition) is 1. The molecule has 0 aliphatic heterocycles. The third kappa shape index (κ3) is 4.84. The van der Waals surface area contributed by atoms with E-state index in [2.05, 4.69) is 37.6 Å². The molecule has 11 heteroatoms. The Hall–Kier alpha value is -2.79. The number of carbonyl (C=O) groups is 1. The number of tetrazole rings is 1. The van der Waals surface area contributed by atoms with Crippen molar-refractivity contribution < 1.29 is 9.53 Å². The first-order valence-electron chi connectivity index (χ1n) is 7.08. The third-order valence-electron chi connectivity index (χ3n) is 2.80. The Balaban J connectivity index is 1.48. The van der Waals surface area contributed by atoms with E-state index in [4.69, 9.17) is 4.74 Å². The van der Waals surface area contributed by atoms with Crippen molar-refractivity contribution in [2.45, 2.75) is 4.34 Å². The molecule has 0 saturated carbocycles. The minimum atomic E-state index is -0.305. The smallest absolute Gasteiger partial charge is 0.264 e. The van der Waals surface area contributed by atoms with Crippen LogP contribution in [0.15, 0.2) is 47.6 Å². The van der Waals surface area contributed by atoms with E-state index >= 15 is 0 Å². The molecule has 9 nitrogen and oxygen atoms in total. The molecule has 2 aromatic heterocycles. The molecule has 0 aliphatic rings. The maximum atomic E-state index is 11.9. The Labute approximate surface area is 151 Å². The first-order valence-corrected chi connectivity index (χ1v) is 8.88. The Morgan fingerprint density at radius 2 is 2.20 bits per heavy atom. The van der Waals surface area contributed by atoms with E-state index in [1.165, 1.54) is 34.1 Å². The zero-order valence-corrected chi connectivity index (χ0v) is 14.5. The van der Waals surface area contributed by atoms with Crippen LogP contribution in [0.4, 0.5) is 5.13 Å². The summed E-state index contributed by atoms with van der Waals surface area (Å²) in [6.07, 6.45) is 3.27. The third-order valence-corrected chi connectivity index (χ3v) is 4.77. The largest absolute Gasteiger partial charge is 0.484 e. The second-order valence-electron chi connectivity index (χ2n) is 4.56. The maximum Gasteiger partial charge on any atom is 0.264 e. The highest BCUT2D eigenvalue weighted by molar-refractivity contribution is 8.01. The highest BCUT2D eigenvalue weighted by Gasteiger charge is 2.09. The standard InChI is InChI=1S/C14H13N7O2S2/c1-2-7-24-14-18-17-13(25-14)16-12(22)8-23-11-5-3-10(4-6-11)21-9-15-19-20-21/h2-6,9H,1,7-8H2,(H,16,17,22). The van der Waals surface area contributed by atoms with Crippen molar-refractivity contribution in [2.75, 3.05) is 17.7 Å². The van der Waals surface area contributed by atoms with Gasteiger partial charge in [0.2, 0.25) is 5.13 Å². The zero-order chi connectivity index (χ0) is 17.5. The molecule has 3 aromatic rings. The van der Waals surface area contributed by atoms with Crippen LogP contribution in [-0.2, 0) is 4.79 Å². The number of amides is 1. The van der Waals surface area contributed by atoms with E-state index in [-0.39, 0.29) is 12.5 Å². The predicted molar refractivity (Wildman–Crippen MR) is 94.1 cm³/mol. The summed E-state index contributed by atoms with van der Waals surface area (Å²) in [6.45, 7) is 3.52. The molecular weight excluding hydrogens is 362 g/mol. The number of aromatic nitrogens is 6. The number of anilines is 1. The number of thioether (sulfide) groups is 1. The summed E-state index contributed by atoms with van der Waals surface area (Å²) >= 11 is 2.81. The molecular formula is C14H13N7O2S2. The van der Waals surface area contributed by atoms with Gasteiger partial charge in [-0.15, -0.1) is 21.9 Å². The van der Waals surface area contributed by atoms with E-state index in [0.29, 0.717) is 10.9 Å². The van der Waals surface area contributed by atoms with Crippen molar-refractivity contribution in [3.05, 3.63) is 43.2 Å². The Kier molecular flexibility index (Phi) is 5.69. The second-order valence-corrected chi connectivity index (χ2v) is 6.80. The average molecular weight is 375 g/mol. The van der Waals surface area contributed by atoms with Gasteiger partial charge in [-0.1, -0.05) is 29.2 Å². The lowest BCUT2D eigenvalue weighted by atomic mass is 10.3. The molecule has 0 aliphatic carbocycles. The fourth-order valence-corrected chi connectivity index (χ4v) is 3.26. The van der Waals surface area contributed by atoms with Gasteiger partial charge in [-0.25, -0.2) is 4.68 Å². The summed E-state index contributed by atoms with van der Waals surface area (Å²) in [4.78, 5) is 11.9. The van der Waals surface area contributed by atoms with Gasteiger partial charge >= 0.3 is 0 Å². The number of carbonyl (C=O) groups excluding carboxylic acids is 1. The molecule has 0 bridgehead atoms. The van der Waals surface area contributed by atoms with Crippen LogP contribution < -0.4 is 10.1 Å². The summed E-state index contributed by atoms with van der Waals surface area (Å²) in [5.41, 5.74) is 0.792. The van der Waals surface area contributed by atoms with Crippen LogP contribution in [0.2, 0.25) is 0 Å². The Bertz CT molecular complexity index is 833. The number of rotatable bonds is 8. The van der Waals surface area contributed by atoms with Crippen molar-refractivity contribution in [1.29, 1.82) is 0 Å². The van der Waals surface area contributed by atoms with Gasteiger partial charge in [0, 0.05) is 5.75 Å².